The summed E-state index contributed by atoms with van der Waals surface area (Å²) in [5, 5.41) is 17.3. The highest BCUT2D eigenvalue weighted by Gasteiger charge is 2.61. The van der Waals surface area contributed by atoms with Crippen molar-refractivity contribution in [1.82, 2.24) is 25.3 Å². The average Bonchev–Trinajstić information content (AvgIpc) is 3.89. The Kier molecular flexibility index (Phi) is 7.02. The second-order valence-corrected chi connectivity index (χ2v) is 13.5. The third-order valence-corrected chi connectivity index (χ3v) is 9.69. The Labute approximate surface area is 276 Å². The van der Waals surface area contributed by atoms with Gasteiger partial charge in [0, 0.05) is 36.0 Å². The Bertz CT molecular complexity index is 2030. The molecular weight excluding hydrogens is 612 g/mol. The van der Waals surface area contributed by atoms with Gasteiger partial charge in [-0.25, -0.2) is 15.0 Å². The molecule has 5 aromatic rings. The van der Waals surface area contributed by atoms with Crippen molar-refractivity contribution in [3.05, 3.63) is 89.5 Å². The number of carbonyl (C=O) groups is 2. The van der Waals surface area contributed by atoms with E-state index in [2.05, 4.69) is 20.6 Å². The highest BCUT2D eigenvalue weighted by molar-refractivity contribution is 5.89. The number of Topliss-reactive ketones (excluding diaryl/α,β-unsaturated/α-hetero) is 1. The number of amides is 1. The number of aromatic nitrogens is 4. The minimum absolute atomic E-state index is 0.115. The fourth-order valence-electron chi connectivity index (χ4n) is 7.19. The van der Waals surface area contributed by atoms with Crippen molar-refractivity contribution >= 4 is 17.4 Å². The van der Waals surface area contributed by atoms with Crippen LogP contribution in [0.1, 0.15) is 68.5 Å². The minimum Gasteiger partial charge on any atom is -0.469 e. The van der Waals surface area contributed by atoms with Gasteiger partial charge in [0.2, 0.25) is 17.7 Å². The number of benzene rings is 2. The first-order valence-corrected chi connectivity index (χ1v) is 16.3. The number of fused-ring (bicyclic) bond motifs is 4. The van der Waals surface area contributed by atoms with E-state index < -0.39 is 29.7 Å². The number of oxazole rings is 2. The Balaban J connectivity index is 1.36. The third-order valence-electron chi connectivity index (χ3n) is 9.69. The van der Waals surface area contributed by atoms with Crippen molar-refractivity contribution in [2.24, 2.45) is 17.8 Å². The van der Waals surface area contributed by atoms with E-state index in [1.807, 2.05) is 56.3 Å². The topological polar surface area (TPSA) is 168 Å². The molecule has 8 rings (SSSR count). The zero-order valence-corrected chi connectivity index (χ0v) is 27.0. The smallest absolute Gasteiger partial charge is 0.249 e. The number of hydrogen-bond donors (Lipinski definition) is 4. The van der Waals surface area contributed by atoms with Crippen molar-refractivity contribution in [1.29, 1.82) is 0 Å². The lowest BCUT2D eigenvalue weighted by molar-refractivity contribution is -0.135. The van der Waals surface area contributed by atoms with Crippen molar-refractivity contribution in [3.8, 4) is 28.9 Å². The molecule has 246 valence electrons. The van der Waals surface area contributed by atoms with Gasteiger partial charge in [-0.05, 0) is 41.5 Å². The summed E-state index contributed by atoms with van der Waals surface area (Å²) in [6.07, 6.45) is 3.27. The number of ketones is 1. The van der Waals surface area contributed by atoms with Gasteiger partial charge >= 0.3 is 0 Å². The van der Waals surface area contributed by atoms with Crippen LogP contribution in [0.25, 0.3) is 23.1 Å². The second kappa shape index (κ2) is 11.2. The molecule has 0 radical (unpaired) electrons. The molecule has 48 heavy (non-hydrogen) atoms. The second-order valence-electron chi connectivity index (χ2n) is 13.5. The Morgan fingerprint density at radius 3 is 2.69 bits per heavy atom. The van der Waals surface area contributed by atoms with Crippen molar-refractivity contribution in [2.75, 3.05) is 5.32 Å². The first kappa shape index (κ1) is 30.1. The molecule has 2 aromatic carbocycles. The summed E-state index contributed by atoms with van der Waals surface area (Å²) >= 11 is 0. The lowest BCUT2D eigenvalue weighted by Gasteiger charge is -2.28. The van der Waals surface area contributed by atoms with E-state index in [1.165, 1.54) is 6.26 Å². The van der Waals surface area contributed by atoms with Crippen LogP contribution in [0, 0.1) is 17.8 Å². The monoisotopic (exact) mass is 648 g/mol. The van der Waals surface area contributed by atoms with Crippen LogP contribution in [-0.4, -0.2) is 49.1 Å². The lowest BCUT2D eigenvalue weighted by Crippen LogP contribution is -2.41. The quantitative estimate of drug-likeness (QED) is 0.185. The molecule has 3 aromatic heterocycles. The predicted molar refractivity (Wildman–Crippen MR) is 174 cm³/mol. The molecule has 5 atom stereocenters. The zero-order chi connectivity index (χ0) is 33.3. The zero-order valence-electron chi connectivity index (χ0n) is 27.0. The molecular formula is C36H36N6O6. The van der Waals surface area contributed by atoms with Crippen LogP contribution in [0.5, 0.6) is 5.75 Å². The minimum atomic E-state index is -1.16. The number of carbonyl (C=O) groups excluding carboxylic acids is 2. The van der Waals surface area contributed by atoms with Crippen LogP contribution in [0.2, 0.25) is 0 Å². The van der Waals surface area contributed by atoms with E-state index in [-0.39, 0.29) is 48.1 Å². The lowest BCUT2D eigenvalue weighted by atomic mass is 9.72. The maximum Gasteiger partial charge on any atom is 0.249 e. The fourth-order valence-corrected chi connectivity index (χ4v) is 7.19. The summed E-state index contributed by atoms with van der Waals surface area (Å²) in [5.74, 6) is 0.306. The molecule has 0 aliphatic carbocycles. The standard InChI is InChI=1S/C36H36N6O6/c1-17(2)27-34-42-28(33-39-24(16-46-33)31-37-11-12-38-31)30(48-34)36-21-7-5-6-8-23(21)40-35(36)47-26-10-9-19(14-22(26)36)13-20(32(45)41-27)15-25(43)29(44)18(3)4/h5-12,14,16-18,20,27,29,35,40,44H,13,15H2,1-4H3,(H,37,38)(H,41,45)/t20?,27-,29-,35-,36?/m0/s1. The average molecular weight is 649 g/mol. The molecule has 12 nitrogen and oxygen atoms in total. The number of imidazole rings is 1. The summed E-state index contributed by atoms with van der Waals surface area (Å²) < 4.78 is 19.6. The number of nitrogens with zero attached hydrogens (tertiary/aromatic N) is 3. The largest absolute Gasteiger partial charge is 0.469 e. The molecule has 4 N–H and O–H groups in total. The number of para-hydroxylation sites is 1. The highest BCUT2D eigenvalue weighted by Crippen LogP contribution is 2.59. The molecule has 12 heteroatoms. The number of H-pyrrole nitrogens is 1. The van der Waals surface area contributed by atoms with Gasteiger partial charge in [0.05, 0.1) is 0 Å². The van der Waals surface area contributed by atoms with Crippen LogP contribution in [-0.2, 0) is 21.4 Å². The molecule has 1 amide bonds. The highest BCUT2D eigenvalue weighted by atomic mass is 16.5. The molecule has 3 aliphatic rings. The molecule has 3 aliphatic heterocycles. The molecule has 4 bridgehead atoms. The van der Waals surface area contributed by atoms with Crippen LogP contribution >= 0.6 is 0 Å². The van der Waals surface area contributed by atoms with Gasteiger partial charge in [0.25, 0.3) is 0 Å². The normalized spacial score (nSPS) is 23.1. The van der Waals surface area contributed by atoms with Gasteiger partial charge in [-0.3, -0.25) is 9.59 Å². The summed E-state index contributed by atoms with van der Waals surface area (Å²) in [7, 11) is 0. The molecule has 2 unspecified atom stereocenters. The van der Waals surface area contributed by atoms with E-state index in [1.54, 1.807) is 26.2 Å². The van der Waals surface area contributed by atoms with E-state index in [9.17, 15) is 14.7 Å². The van der Waals surface area contributed by atoms with Gasteiger partial charge in [0.15, 0.2) is 29.3 Å². The Morgan fingerprint density at radius 2 is 1.92 bits per heavy atom. The maximum atomic E-state index is 14.1. The summed E-state index contributed by atoms with van der Waals surface area (Å²) in [6.45, 7) is 7.50. The van der Waals surface area contributed by atoms with Crippen molar-refractivity contribution < 1.29 is 28.3 Å². The first-order chi connectivity index (χ1) is 23.1. The van der Waals surface area contributed by atoms with Crippen LogP contribution in [0.4, 0.5) is 5.69 Å². The number of aliphatic hydroxyl groups excluding tert-OH is 1. The number of rotatable bonds is 7. The molecule has 1 spiro atoms. The number of aromatic amines is 1. The SMILES string of the molecule is CC(C)[C@H](O)C(=O)CC1Cc2ccc3c(c2)C2(c4ccccc4N[C@H]2O3)c2oc(nc2-c2nc(-c3ncc[nH]3)co2)[C@H](C(C)C)NC1=O. The van der Waals surface area contributed by atoms with Gasteiger partial charge in [0.1, 0.15) is 35.3 Å². The number of hydrogen-bond acceptors (Lipinski definition) is 10. The summed E-state index contributed by atoms with van der Waals surface area (Å²) in [5.41, 5.74) is 3.36. The van der Waals surface area contributed by atoms with Crippen molar-refractivity contribution in [3.63, 3.8) is 0 Å². The fraction of sp³-hybridized carbons (Fsp3) is 0.361. The predicted octanol–water partition coefficient (Wildman–Crippen LogP) is 5.16. The number of aliphatic hydroxyl groups is 1. The molecule has 0 fully saturated rings. The Morgan fingerprint density at radius 1 is 1.08 bits per heavy atom. The number of ether oxygens (including phenoxy) is 1. The van der Waals surface area contributed by atoms with Crippen LogP contribution in [0.15, 0.2) is 70.0 Å². The third kappa shape index (κ3) is 4.57. The van der Waals surface area contributed by atoms with E-state index in [0.717, 1.165) is 22.4 Å². The van der Waals surface area contributed by atoms with Crippen LogP contribution < -0.4 is 15.4 Å². The number of anilines is 1. The van der Waals surface area contributed by atoms with Crippen LogP contribution in [0.3, 0.4) is 0 Å². The molecule has 0 saturated heterocycles. The summed E-state index contributed by atoms with van der Waals surface area (Å²) in [6, 6.07) is 13.2. The van der Waals surface area contributed by atoms with E-state index in [0.29, 0.717) is 28.7 Å². The first-order valence-electron chi connectivity index (χ1n) is 16.3. The van der Waals surface area contributed by atoms with Crippen molar-refractivity contribution in [2.45, 2.75) is 64.3 Å². The van der Waals surface area contributed by atoms with Gasteiger partial charge < -0.3 is 34.3 Å². The molecule has 6 heterocycles. The van der Waals surface area contributed by atoms with Gasteiger partial charge in [-0.2, -0.15) is 0 Å². The maximum absolute atomic E-state index is 14.1. The number of nitrogens with one attached hydrogen (secondary N) is 3. The molecule has 0 saturated carbocycles. The van der Waals surface area contributed by atoms with Gasteiger partial charge in [-0.15, -0.1) is 0 Å². The van der Waals surface area contributed by atoms with E-state index >= 15 is 0 Å². The van der Waals surface area contributed by atoms with Gasteiger partial charge in [-0.1, -0.05) is 58.0 Å². The van der Waals surface area contributed by atoms with E-state index in [4.69, 9.17) is 23.5 Å². The summed E-state index contributed by atoms with van der Waals surface area (Å²) in [4.78, 5) is 44.4. The Hall–Kier alpha value is -5.23.